The summed E-state index contributed by atoms with van der Waals surface area (Å²) in [5, 5.41) is 2.92. The molecule has 0 heterocycles. The predicted molar refractivity (Wildman–Crippen MR) is 81.9 cm³/mol. The fourth-order valence-electron chi connectivity index (χ4n) is 1.86. The van der Waals surface area contributed by atoms with Gasteiger partial charge in [0.2, 0.25) is 0 Å². The van der Waals surface area contributed by atoms with E-state index in [4.69, 9.17) is 0 Å². The molecule has 0 saturated carbocycles. The van der Waals surface area contributed by atoms with Gasteiger partial charge in [0.05, 0.1) is 0 Å². The zero-order valence-corrected chi connectivity index (χ0v) is 12.0. The minimum Gasteiger partial charge on any atom is -0.316 e. The van der Waals surface area contributed by atoms with Crippen molar-refractivity contribution >= 4 is 22.7 Å². The van der Waals surface area contributed by atoms with Crippen LogP contribution in [0.3, 0.4) is 0 Å². The molecule has 0 fully saturated rings. The maximum atomic E-state index is 12.1. The van der Waals surface area contributed by atoms with E-state index in [2.05, 4.69) is 12.2 Å². The Bertz CT molecular complexity index is 580. The van der Waals surface area contributed by atoms with Gasteiger partial charge in [-0.2, -0.15) is 0 Å². The molecular formula is C16H17NOS. The lowest BCUT2D eigenvalue weighted by Crippen LogP contribution is -2.07. The first-order valence-electron chi connectivity index (χ1n) is 6.33. The molecule has 0 aliphatic heterocycles. The van der Waals surface area contributed by atoms with Gasteiger partial charge in [0.15, 0.2) is 0 Å². The number of hydrogen-bond acceptors (Lipinski definition) is 2. The average molecular weight is 271 g/mol. The van der Waals surface area contributed by atoms with Crippen molar-refractivity contribution in [1.29, 1.82) is 0 Å². The highest BCUT2D eigenvalue weighted by Crippen LogP contribution is 2.25. The second-order valence-corrected chi connectivity index (χ2v) is 5.31. The molecule has 2 aromatic carbocycles. The molecule has 0 aliphatic rings. The molecule has 0 atom stereocenters. The van der Waals surface area contributed by atoms with E-state index in [1.165, 1.54) is 11.8 Å². The molecule has 2 rings (SSSR count). The molecule has 0 radical (unpaired) electrons. The van der Waals surface area contributed by atoms with Gasteiger partial charge in [-0.25, -0.2) is 0 Å². The standard InChI is InChI=1S/C16H17NOS/c1-3-13-9-5-6-10-14(13)17-16(18)19-15-11-7-4-8-12(15)2/h4-11H,3H2,1-2H3,(H,17,18). The molecule has 0 saturated heterocycles. The molecule has 0 bridgehead atoms. The van der Waals surface area contributed by atoms with Gasteiger partial charge in [-0.15, -0.1) is 0 Å². The number of benzene rings is 2. The summed E-state index contributed by atoms with van der Waals surface area (Å²) in [7, 11) is 0. The van der Waals surface area contributed by atoms with Crippen LogP contribution >= 0.6 is 11.8 Å². The third-order valence-electron chi connectivity index (χ3n) is 2.93. The lowest BCUT2D eigenvalue weighted by Gasteiger charge is -2.10. The van der Waals surface area contributed by atoms with E-state index in [0.29, 0.717) is 0 Å². The first-order chi connectivity index (χ1) is 9.20. The van der Waals surface area contributed by atoms with Gasteiger partial charge in [0, 0.05) is 10.6 Å². The van der Waals surface area contributed by atoms with Crippen LogP contribution in [0.25, 0.3) is 0 Å². The molecular weight excluding hydrogens is 254 g/mol. The minimum atomic E-state index is -0.0461. The summed E-state index contributed by atoms with van der Waals surface area (Å²) in [6, 6.07) is 15.8. The Hall–Kier alpha value is -1.74. The van der Waals surface area contributed by atoms with Gasteiger partial charge in [-0.1, -0.05) is 43.3 Å². The highest BCUT2D eigenvalue weighted by Gasteiger charge is 2.08. The zero-order valence-electron chi connectivity index (χ0n) is 11.1. The van der Waals surface area contributed by atoms with Gasteiger partial charge in [-0.05, 0) is 48.4 Å². The summed E-state index contributed by atoms with van der Waals surface area (Å²) >= 11 is 1.23. The molecule has 98 valence electrons. The molecule has 1 N–H and O–H groups in total. The Morgan fingerprint density at radius 3 is 2.53 bits per heavy atom. The number of anilines is 1. The van der Waals surface area contributed by atoms with Crippen molar-refractivity contribution in [1.82, 2.24) is 0 Å². The number of rotatable bonds is 3. The Morgan fingerprint density at radius 1 is 1.11 bits per heavy atom. The van der Waals surface area contributed by atoms with Crippen LogP contribution in [-0.4, -0.2) is 5.24 Å². The van der Waals surface area contributed by atoms with Crippen LogP contribution in [-0.2, 0) is 6.42 Å². The number of hydrogen-bond donors (Lipinski definition) is 1. The summed E-state index contributed by atoms with van der Waals surface area (Å²) in [5.74, 6) is 0. The molecule has 2 nitrogen and oxygen atoms in total. The van der Waals surface area contributed by atoms with Gasteiger partial charge >= 0.3 is 0 Å². The molecule has 3 heteroatoms. The summed E-state index contributed by atoms with van der Waals surface area (Å²) in [5.41, 5.74) is 3.17. The van der Waals surface area contributed by atoms with E-state index in [9.17, 15) is 4.79 Å². The SMILES string of the molecule is CCc1ccccc1NC(=O)Sc1ccccc1C. The second kappa shape index (κ2) is 6.43. The zero-order chi connectivity index (χ0) is 13.7. The van der Waals surface area contributed by atoms with Crippen molar-refractivity contribution in [2.45, 2.75) is 25.2 Å². The summed E-state index contributed by atoms with van der Waals surface area (Å²) in [6.07, 6.45) is 0.908. The first kappa shape index (κ1) is 13.7. The number of nitrogens with one attached hydrogen (secondary N) is 1. The van der Waals surface area contributed by atoms with Crippen LogP contribution in [0.2, 0.25) is 0 Å². The second-order valence-electron chi connectivity index (χ2n) is 4.29. The Morgan fingerprint density at radius 2 is 1.79 bits per heavy atom. The van der Waals surface area contributed by atoms with Gasteiger partial charge < -0.3 is 5.32 Å². The highest BCUT2D eigenvalue weighted by atomic mass is 32.2. The largest absolute Gasteiger partial charge is 0.316 e. The van der Waals surface area contributed by atoms with Crippen molar-refractivity contribution in [3.63, 3.8) is 0 Å². The van der Waals surface area contributed by atoms with E-state index in [1.54, 1.807) is 0 Å². The third-order valence-corrected chi connectivity index (χ3v) is 3.90. The van der Waals surface area contributed by atoms with Gasteiger partial charge in [0.25, 0.3) is 5.24 Å². The summed E-state index contributed by atoms with van der Waals surface area (Å²) in [4.78, 5) is 13.0. The van der Waals surface area contributed by atoms with Crippen LogP contribution in [0.15, 0.2) is 53.4 Å². The lowest BCUT2D eigenvalue weighted by atomic mass is 10.1. The monoisotopic (exact) mass is 271 g/mol. The Kier molecular flexibility index (Phi) is 4.63. The van der Waals surface area contributed by atoms with E-state index < -0.39 is 0 Å². The maximum absolute atomic E-state index is 12.1. The van der Waals surface area contributed by atoms with Crippen molar-refractivity contribution in [2.24, 2.45) is 0 Å². The highest BCUT2D eigenvalue weighted by molar-refractivity contribution is 8.14. The van der Waals surface area contributed by atoms with Crippen molar-refractivity contribution in [3.8, 4) is 0 Å². The van der Waals surface area contributed by atoms with Crippen LogP contribution in [0, 0.1) is 6.92 Å². The number of amides is 1. The quantitative estimate of drug-likeness (QED) is 0.806. The van der Waals surface area contributed by atoms with E-state index in [0.717, 1.165) is 28.1 Å². The van der Waals surface area contributed by atoms with E-state index >= 15 is 0 Å². The topological polar surface area (TPSA) is 29.1 Å². The summed E-state index contributed by atoms with van der Waals surface area (Å²) in [6.45, 7) is 4.09. The average Bonchev–Trinajstić information content (AvgIpc) is 2.42. The Balaban J connectivity index is 2.08. The molecule has 0 aromatic heterocycles. The lowest BCUT2D eigenvalue weighted by molar-refractivity contribution is 0.269. The van der Waals surface area contributed by atoms with Crippen LogP contribution < -0.4 is 5.32 Å². The Labute approximate surface area is 118 Å². The number of aryl methyl sites for hydroxylation is 2. The van der Waals surface area contributed by atoms with Gasteiger partial charge in [-0.3, -0.25) is 4.79 Å². The van der Waals surface area contributed by atoms with Crippen LogP contribution in [0.1, 0.15) is 18.1 Å². The maximum Gasteiger partial charge on any atom is 0.288 e. The molecule has 0 aliphatic carbocycles. The smallest absolute Gasteiger partial charge is 0.288 e. The first-order valence-corrected chi connectivity index (χ1v) is 7.14. The normalized spacial score (nSPS) is 10.2. The fourth-order valence-corrected chi connectivity index (χ4v) is 2.59. The number of carbonyl (C=O) groups is 1. The van der Waals surface area contributed by atoms with Crippen molar-refractivity contribution in [2.75, 3.05) is 5.32 Å². The fraction of sp³-hybridized carbons (Fsp3) is 0.188. The van der Waals surface area contributed by atoms with E-state index in [-0.39, 0.29) is 5.24 Å². The predicted octanol–water partition coefficient (Wildman–Crippen LogP) is 4.88. The van der Waals surface area contributed by atoms with Crippen LogP contribution in [0.4, 0.5) is 10.5 Å². The number of thioether (sulfide) groups is 1. The molecule has 19 heavy (non-hydrogen) atoms. The van der Waals surface area contributed by atoms with Crippen molar-refractivity contribution in [3.05, 3.63) is 59.7 Å². The van der Waals surface area contributed by atoms with Crippen molar-refractivity contribution < 1.29 is 4.79 Å². The molecule has 0 spiro atoms. The van der Waals surface area contributed by atoms with Crippen LogP contribution in [0.5, 0.6) is 0 Å². The molecule has 1 amide bonds. The molecule has 0 unspecified atom stereocenters. The molecule has 2 aromatic rings. The number of carbonyl (C=O) groups excluding carboxylic acids is 1. The van der Waals surface area contributed by atoms with E-state index in [1.807, 2.05) is 55.5 Å². The third kappa shape index (κ3) is 3.61. The minimum absolute atomic E-state index is 0.0461. The summed E-state index contributed by atoms with van der Waals surface area (Å²) < 4.78 is 0. The number of para-hydroxylation sites is 1. The van der Waals surface area contributed by atoms with Gasteiger partial charge in [0.1, 0.15) is 0 Å².